The van der Waals surface area contributed by atoms with Crippen LogP contribution in [-0.2, 0) is 33.2 Å². The smallest absolute Gasteiger partial charge is 0.306 e. The van der Waals surface area contributed by atoms with Crippen molar-refractivity contribution in [3.63, 3.8) is 0 Å². The molecule has 0 aliphatic carbocycles. The number of hydrogen-bond donors (Lipinski definition) is 7. The Bertz CT molecular complexity index is 912. The van der Waals surface area contributed by atoms with Crippen LogP contribution in [0.4, 0.5) is 0 Å². The van der Waals surface area contributed by atoms with Crippen molar-refractivity contribution < 1.29 is 69.0 Å². The van der Waals surface area contributed by atoms with Crippen molar-refractivity contribution in [3.8, 4) is 0 Å². The van der Waals surface area contributed by atoms with Crippen LogP contribution in [0.15, 0.2) is 0 Å². The summed E-state index contributed by atoms with van der Waals surface area (Å²) in [6.07, 6.45) is 7.61. The number of aliphatic hydroxyl groups excluding tert-OH is 7. The lowest BCUT2D eigenvalue weighted by atomic mass is 9.98. The van der Waals surface area contributed by atoms with Gasteiger partial charge in [0, 0.05) is 13.0 Å². The fraction of sp³-hybridized carbons (Fsp3) is 0.975. The highest BCUT2D eigenvalue weighted by molar-refractivity contribution is 5.69. The predicted molar refractivity (Wildman–Crippen MR) is 201 cm³/mol. The summed E-state index contributed by atoms with van der Waals surface area (Å²) in [7, 11) is 0. The summed E-state index contributed by atoms with van der Waals surface area (Å²) in [5.74, 6) is -0.377. The molecule has 0 amide bonds. The predicted octanol–water partition coefficient (Wildman–Crippen LogP) is 3.79. The van der Waals surface area contributed by atoms with Gasteiger partial charge in [0.05, 0.1) is 26.4 Å². The SMILES string of the molecule is CCCCCCCCCCCCCCC(=O)OC(COCCCCCCCCCC)COC1OC(COC2OC(CO)C(O)C(O)C2O)C(O)C(O)C1O. The molecule has 0 spiro atoms. The van der Waals surface area contributed by atoms with Gasteiger partial charge in [0.25, 0.3) is 0 Å². The van der Waals surface area contributed by atoms with Gasteiger partial charge >= 0.3 is 5.97 Å². The largest absolute Gasteiger partial charge is 0.457 e. The highest BCUT2D eigenvalue weighted by atomic mass is 16.7. The minimum absolute atomic E-state index is 0.0678. The van der Waals surface area contributed by atoms with E-state index in [1.165, 1.54) is 83.5 Å². The molecule has 2 heterocycles. The molecule has 2 rings (SSSR count). The highest BCUT2D eigenvalue weighted by Gasteiger charge is 2.47. The zero-order valence-corrected chi connectivity index (χ0v) is 33.2. The molecule has 0 bridgehead atoms. The maximum absolute atomic E-state index is 12.8. The van der Waals surface area contributed by atoms with E-state index in [0.29, 0.717) is 13.0 Å². The van der Waals surface area contributed by atoms with E-state index in [9.17, 15) is 40.5 Å². The molecule has 0 aromatic heterocycles. The Kier molecular flexibility index (Phi) is 27.4. The summed E-state index contributed by atoms with van der Waals surface area (Å²) in [5, 5.41) is 71.6. The number of carbonyl (C=O) groups is 1. The summed E-state index contributed by atoms with van der Waals surface area (Å²) in [5.41, 5.74) is 0. The van der Waals surface area contributed by atoms with Crippen LogP contribution in [0.25, 0.3) is 0 Å². The standard InChI is InChI=1S/C40H76O14/c1-3-5-7-9-11-13-14-15-16-17-19-21-23-32(42)52-29(26-49-24-22-20-18-12-10-8-6-4-2)27-50-39-38(48)36(46)34(44)31(54-39)28-51-40-37(47)35(45)33(43)30(25-41)53-40/h29-31,33-41,43-48H,3-28H2,1-2H3. The molecule has 11 unspecified atom stereocenters. The zero-order chi connectivity index (χ0) is 39.6. The van der Waals surface area contributed by atoms with Gasteiger partial charge in [-0.05, 0) is 12.8 Å². The normalized spacial score (nSPS) is 29.4. The summed E-state index contributed by atoms with van der Waals surface area (Å²) in [4.78, 5) is 12.8. The van der Waals surface area contributed by atoms with Crippen LogP contribution >= 0.6 is 0 Å². The molecular weight excluding hydrogens is 704 g/mol. The van der Waals surface area contributed by atoms with Gasteiger partial charge in [-0.25, -0.2) is 0 Å². The molecule has 14 heteroatoms. The van der Waals surface area contributed by atoms with Crippen molar-refractivity contribution in [1.82, 2.24) is 0 Å². The van der Waals surface area contributed by atoms with Gasteiger partial charge in [-0.1, -0.05) is 129 Å². The van der Waals surface area contributed by atoms with E-state index in [0.717, 1.165) is 38.5 Å². The third kappa shape index (κ3) is 19.4. The Morgan fingerprint density at radius 1 is 0.537 bits per heavy atom. The molecule has 2 aliphatic rings. The van der Waals surface area contributed by atoms with Crippen LogP contribution in [0, 0.1) is 0 Å². The van der Waals surface area contributed by atoms with Gasteiger partial charge in [-0.15, -0.1) is 0 Å². The van der Waals surface area contributed by atoms with Crippen molar-refractivity contribution in [1.29, 1.82) is 0 Å². The van der Waals surface area contributed by atoms with E-state index in [2.05, 4.69) is 13.8 Å². The van der Waals surface area contributed by atoms with Gasteiger partial charge in [-0.2, -0.15) is 0 Å². The van der Waals surface area contributed by atoms with Crippen LogP contribution in [0.5, 0.6) is 0 Å². The fourth-order valence-electron chi connectivity index (χ4n) is 6.81. The molecule has 320 valence electrons. The first-order chi connectivity index (χ1) is 26.1. The van der Waals surface area contributed by atoms with Crippen LogP contribution in [0.3, 0.4) is 0 Å². The Morgan fingerprint density at radius 3 is 1.50 bits per heavy atom. The van der Waals surface area contributed by atoms with Crippen molar-refractivity contribution >= 4 is 5.97 Å². The van der Waals surface area contributed by atoms with Crippen molar-refractivity contribution in [3.05, 3.63) is 0 Å². The molecule has 14 nitrogen and oxygen atoms in total. The maximum Gasteiger partial charge on any atom is 0.306 e. The Balaban J connectivity index is 1.84. The molecule has 11 atom stereocenters. The molecule has 0 radical (unpaired) electrons. The molecule has 54 heavy (non-hydrogen) atoms. The molecule has 0 saturated carbocycles. The molecule has 0 aromatic rings. The third-order valence-corrected chi connectivity index (χ3v) is 10.4. The van der Waals surface area contributed by atoms with Crippen molar-refractivity contribution in [2.24, 2.45) is 0 Å². The lowest BCUT2D eigenvalue weighted by molar-refractivity contribution is -0.332. The second kappa shape index (κ2) is 30.1. The minimum atomic E-state index is -1.70. The second-order valence-corrected chi connectivity index (χ2v) is 15.2. The Labute approximate surface area is 323 Å². The van der Waals surface area contributed by atoms with Crippen molar-refractivity contribution in [2.45, 2.75) is 216 Å². The quantitative estimate of drug-likeness (QED) is 0.0383. The molecule has 2 aliphatic heterocycles. The highest BCUT2D eigenvalue weighted by Crippen LogP contribution is 2.26. The number of esters is 1. The van der Waals surface area contributed by atoms with E-state index < -0.39 is 80.7 Å². The average Bonchev–Trinajstić information content (AvgIpc) is 3.16. The number of rotatable bonds is 32. The van der Waals surface area contributed by atoms with E-state index in [1.807, 2.05) is 0 Å². The lowest BCUT2D eigenvalue weighted by Gasteiger charge is -2.42. The molecule has 2 fully saturated rings. The molecule has 0 aromatic carbocycles. The van der Waals surface area contributed by atoms with Crippen LogP contribution in [0.1, 0.15) is 149 Å². The Hall–Kier alpha value is -1.01. The van der Waals surface area contributed by atoms with Crippen LogP contribution in [-0.4, -0.2) is 142 Å². The fourth-order valence-corrected chi connectivity index (χ4v) is 6.81. The number of carbonyl (C=O) groups excluding carboxylic acids is 1. The van der Waals surface area contributed by atoms with Gasteiger partial charge in [0.15, 0.2) is 12.6 Å². The first-order valence-corrected chi connectivity index (χ1v) is 21.1. The lowest BCUT2D eigenvalue weighted by Crippen LogP contribution is -2.61. The molecule has 7 N–H and O–H groups in total. The first kappa shape index (κ1) is 49.1. The monoisotopic (exact) mass is 781 g/mol. The van der Waals surface area contributed by atoms with Crippen LogP contribution in [0.2, 0.25) is 0 Å². The Morgan fingerprint density at radius 2 is 0.981 bits per heavy atom. The summed E-state index contributed by atoms with van der Waals surface area (Å²) >= 11 is 0. The van der Waals surface area contributed by atoms with E-state index in [-0.39, 0.29) is 25.6 Å². The van der Waals surface area contributed by atoms with Gasteiger partial charge in [0.2, 0.25) is 0 Å². The van der Waals surface area contributed by atoms with E-state index in [4.69, 9.17) is 28.4 Å². The van der Waals surface area contributed by atoms with Crippen molar-refractivity contribution in [2.75, 3.05) is 33.0 Å². The van der Waals surface area contributed by atoms with Gasteiger partial charge < -0.3 is 64.2 Å². The first-order valence-electron chi connectivity index (χ1n) is 21.1. The van der Waals surface area contributed by atoms with Crippen LogP contribution < -0.4 is 0 Å². The number of unbranched alkanes of at least 4 members (excludes halogenated alkanes) is 18. The average molecular weight is 781 g/mol. The van der Waals surface area contributed by atoms with E-state index in [1.54, 1.807) is 0 Å². The van der Waals surface area contributed by atoms with E-state index >= 15 is 0 Å². The molecule has 2 saturated heterocycles. The summed E-state index contributed by atoms with van der Waals surface area (Å²) in [6.45, 7) is 3.65. The zero-order valence-electron chi connectivity index (χ0n) is 33.2. The minimum Gasteiger partial charge on any atom is -0.457 e. The summed E-state index contributed by atoms with van der Waals surface area (Å²) < 4.78 is 34.0. The molecular formula is C40H76O14. The number of aliphatic hydroxyl groups is 7. The topological polar surface area (TPSA) is 214 Å². The number of ether oxygens (including phenoxy) is 6. The van der Waals surface area contributed by atoms with Gasteiger partial charge in [0.1, 0.15) is 54.9 Å². The van der Waals surface area contributed by atoms with Gasteiger partial charge in [-0.3, -0.25) is 4.79 Å². The maximum atomic E-state index is 12.8. The summed E-state index contributed by atoms with van der Waals surface area (Å²) in [6, 6.07) is 0. The number of hydrogen-bond acceptors (Lipinski definition) is 14. The third-order valence-electron chi connectivity index (χ3n) is 10.4. The second-order valence-electron chi connectivity index (χ2n) is 15.2.